The molecule has 1 unspecified atom stereocenters. The zero-order valence-corrected chi connectivity index (χ0v) is 20.1. The van der Waals surface area contributed by atoms with E-state index >= 15 is 0 Å². The van der Waals surface area contributed by atoms with Gasteiger partial charge in [-0.2, -0.15) is 0 Å². The number of para-hydroxylation sites is 1. The molecule has 184 valence electrons. The third-order valence-electron chi connectivity index (χ3n) is 7.10. The molecule has 2 N–H and O–H groups in total. The lowest BCUT2D eigenvalue weighted by atomic mass is 9.89. The van der Waals surface area contributed by atoms with Crippen molar-refractivity contribution >= 4 is 28.7 Å². The highest BCUT2D eigenvalue weighted by Gasteiger charge is 2.54. The van der Waals surface area contributed by atoms with Gasteiger partial charge >= 0.3 is 6.03 Å². The lowest BCUT2D eigenvalue weighted by Gasteiger charge is -2.32. The van der Waals surface area contributed by atoms with Gasteiger partial charge in [0, 0.05) is 23.2 Å². The van der Waals surface area contributed by atoms with Crippen molar-refractivity contribution in [3.63, 3.8) is 0 Å². The van der Waals surface area contributed by atoms with Gasteiger partial charge in [0.15, 0.2) is 5.54 Å². The summed E-state index contributed by atoms with van der Waals surface area (Å²) < 4.78 is 0. The molecule has 0 aliphatic carbocycles. The summed E-state index contributed by atoms with van der Waals surface area (Å²) in [5.74, 6) is -0.599. The van der Waals surface area contributed by atoms with E-state index in [1.54, 1.807) is 41.3 Å². The fourth-order valence-electron chi connectivity index (χ4n) is 5.36. The van der Waals surface area contributed by atoms with Crippen LogP contribution >= 0.6 is 0 Å². The molecule has 3 aromatic carbocycles. The number of amides is 4. The van der Waals surface area contributed by atoms with Gasteiger partial charge < -0.3 is 15.3 Å². The van der Waals surface area contributed by atoms with Crippen LogP contribution in [0.1, 0.15) is 32.7 Å². The summed E-state index contributed by atoms with van der Waals surface area (Å²) in [7, 11) is 0. The number of phenols is 1. The van der Waals surface area contributed by atoms with Crippen molar-refractivity contribution in [2.45, 2.75) is 25.6 Å². The number of carbonyl (C=O) groups excluding carboxylic acids is 3. The summed E-state index contributed by atoms with van der Waals surface area (Å²) >= 11 is 0. The van der Waals surface area contributed by atoms with Gasteiger partial charge in [-0.15, -0.1) is 0 Å². The maximum Gasteiger partial charge on any atom is 0.325 e. The molecule has 1 fully saturated rings. The topological polar surface area (TPSA) is 103 Å². The van der Waals surface area contributed by atoms with Crippen LogP contribution in [0, 0.1) is 6.92 Å². The smallest absolute Gasteiger partial charge is 0.325 e. The van der Waals surface area contributed by atoms with E-state index in [0.717, 1.165) is 22.2 Å². The number of hydrogen-bond donors (Lipinski definition) is 2. The van der Waals surface area contributed by atoms with Crippen LogP contribution in [0.25, 0.3) is 10.9 Å². The number of benzene rings is 3. The normalized spacial score (nSPS) is 19.0. The summed E-state index contributed by atoms with van der Waals surface area (Å²) in [6, 6.07) is 22.6. The Hall–Kier alpha value is -4.72. The van der Waals surface area contributed by atoms with Gasteiger partial charge in [0.1, 0.15) is 5.75 Å². The number of nitrogens with one attached hydrogen (secondary N) is 1. The van der Waals surface area contributed by atoms with Crippen LogP contribution in [0.3, 0.4) is 0 Å². The molecular weight excluding hydrogens is 468 g/mol. The standard InChI is InChI=1S/C29H24N4O4/c1-18-13-19(23-9-5-6-10-25(23)30-18)16-33-27(36)29(31-28(33)37,21-7-3-2-4-8-21)17-32-15-20-14-22(34)11-12-24(20)26(32)35/h2-14,34H,15-17H2,1H3,(H,31,37). The zero-order valence-electron chi connectivity index (χ0n) is 20.1. The third kappa shape index (κ3) is 3.69. The highest BCUT2D eigenvalue weighted by atomic mass is 16.3. The monoisotopic (exact) mass is 492 g/mol. The van der Waals surface area contributed by atoms with Crippen molar-refractivity contribution in [2.75, 3.05) is 6.54 Å². The van der Waals surface area contributed by atoms with E-state index in [0.29, 0.717) is 16.7 Å². The van der Waals surface area contributed by atoms with Gasteiger partial charge in [0.2, 0.25) is 0 Å². The number of fused-ring (bicyclic) bond motifs is 2. The van der Waals surface area contributed by atoms with Gasteiger partial charge in [-0.3, -0.25) is 19.5 Å². The molecule has 8 heteroatoms. The van der Waals surface area contributed by atoms with Crippen LogP contribution < -0.4 is 5.32 Å². The second-order valence-corrected chi connectivity index (χ2v) is 9.54. The Balaban J connectivity index is 1.38. The van der Waals surface area contributed by atoms with Crippen molar-refractivity contribution in [1.29, 1.82) is 0 Å². The molecule has 3 heterocycles. The summed E-state index contributed by atoms with van der Waals surface area (Å²) in [5.41, 5.74) is 2.71. The molecule has 4 amide bonds. The first-order chi connectivity index (χ1) is 17.9. The maximum absolute atomic E-state index is 14.1. The SMILES string of the molecule is Cc1cc(CN2C(=O)NC(CN3Cc4cc(O)ccc4C3=O)(c3ccccc3)C2=O)c2ccccc2n1. The molecule has 0 bridgehead atoms. The van der Waals surface area contributed by atoms with E-state index in [2.05, 4.69) is 10.3 Å². The average Bonchev–Trinajstić information content (AvgIpc) is 3.32. The highest BCUT2D eigenvalue weighted by molar-refractivity contribution is 6.08. The molecule has 0 saturated carbocycles. The van der Waals surface area contributed by atoms with Crippen LogP contribution in [0.4, 0.5) is 4.79 Å². The van der Waals surface area contributed by atoms with E-state index < -0.39 is 17.5 Å². The summed E-state index contributed by atoms with van der Waals surface area (Å²) in [4.78, 5) is 48.0. The molecular formula is C29H24N4O4. The highest BCUT2D eigenvalue weighted by Crippen LogP contribution is 2.35. The van der Waals surface area contributed by atoms with Crippen molar-refractivity contribution in [3.8, 4) is 5.75 Å². The number of rotatable bonds is 5. The van der Waals surface area contributed by atoms with Gasteiger partial charge in [-0.1, -0.05) is 48.5 Å². The first-order valence-corrected chi connectivity index (χ1v) is 12.0. The molecule has 0 radical (unpaired) electrons. The van der Waals surface area contributed by atoms with E-state index in [9.17, 15) is 19.5 Å². The maximum atomic E-state index is 14.1. The molecule has 1 saturated heterocycles. The summed E-state index contributed by atoms with van der Waals surface area (Å²) in [5, 5.41) is 13.7. The predicted molar refractivity (Wildman–Crippen MR) is 137 cm³/mol. The fraction of sp³-hybridized carbons (Fsp3) is 0.172. The van der Waals surface area contributed by atoms with Crippen LogP contribution in [-0.2, 0) is 23.4 Å². The number of aromatic hydroxyl groups is 1. The van der Waals surface area contributed by atoms with Crippen molar-refractivity contribution in [2.24, 2.45) is 0 Å². The zero-order chi connectivity index (χ0) is 25.7. The number of aryl methyl sites for hydroxylation is 1. The summed E-state index contributed by atoms with van der Waals surface area (Å²) in [6.07, 6.45) is 0. The predicted octanol–water partition coefficient (Wildman–Crippen LogP) is 3.85. The number of carbonyl (C=O) groups is 3. The van der Waals surface area contributed by atoms with E-state index in [-0.39, 0.29) is 31.3 Å². The number of pyridine rings is 1. The first-order valence-electron chi connectivity index (χ1n) is 12.0. The Morgan fingerprint density at radius 1 is 0.973 bits per heavy atom. The fourth-order valence-corrected chi connectivity index (χ4v) is 5.36. The molecule has 0 spiro atoms. The number of phenolic OH excluding ortho intramolecular Hbond substituents is 1. The number of nitrogens with zero attached hydrogens (tertiary/aromatic N) is 3. The van der Waals surface area contributed by atoms with Crippen molar-refractivity contribution in [1.82, 2.24) is 20.1 Å². The van der Waals surface area contributed by atoms with E-state index in [1.165, 1.54) is 11.0 Å². The molecule has 4 aromatic rings. The molecule has 8 nitrogen and oxygen atoms in total. The van der Waals surface area contributed by atoms with Crippen LogP contribution in [0.2, 0.25) is 0 Å². The van der Waals surface area contributed by atoms with Gasteiger partial charge in [0.25, 0.3) is 11.8 Å². The van der Waals surface area contributed by atoms with Gasteiger partial charge in [-0.05, 0) is 53.9 Å². The second-order valence-electron chi connectivity index (χ2n) is 9.54. The minimum absolute atomic E-state index is 0.0392. The molecule has 2 aliphatic rings. The Labute approximate surface area is 213 Å². The Kier molecular flexibility index (Phi) is 5.19. The number of aromatic nitrogens is 1. The first kappa shape index (κ1) is 22.7. The number of hydrogen-bond acceptors (Lipinski definition) is 5. The van der Waals surface area contributed by atoms with Crippen LogP contribution in [0.15, 0.2) is 78.9 Å². The average molecular weight is 493 g/mol. The minimum Gasteiger partial charge on any atom is -0.508 e. The van der Waals surface area contributed by atoms with Crippen LogP contribution in [-0.4, -0.2) is 44.3 Å². The Morgan fingerprint density at radius 2 is 1.73 bits per heavy atom. The van der Waals surface area contributed by atoms with Crippen molar-refractivity contribution < 1.29 is 19.5 Å². The van der Waals surface area contributed by atoms with Gasteiger partial charge in [-0.25, -0.2) is 4.79 Å². The van der Waals surface area contributed by atoms with E-state index in [1.807, 2.05) is 43.3 Å². The van der Waals surface area contributed by atoms with Gasteiger partial charge in [0.05, 0.1) is 18.6 Å². The summed E-state index contributed by atoms with van der Waals surface area (Å²) in [6.45, 7) is 2.15. The lowest BCUT2D eigenvalue weighted by Crippen LogP contribution is -2.52. The minimum atomic E-state index is -1.45. The number of urea groups is 1. The number of imide groups is 1. The largest absolute Gasteiger partial charge is 0.508 e. The molecule has 37 heavy (non-hydrogen) atoms. The molecule has 1 aromatic heterocycles. The third-order valence-corrected chi connectivity index (χ3v) is 7.10. The molecule has 2 aliphatic heterocycles. The molecule has 1 atom stereocenters. The molecule has 6 rings (SSSR count). The van der Waals surface area contributed by atoms with E-state index in [4.69, 9.17) is 0 Å². The second kappa shape index (κ2) is 8.44. The lowest BCUT2D eigenvalue weighted by molar-refractivity contribution is -0.132. The van der Waals surface area contributed by atoms with Crippen molar-refractivity contribution in [3.05, 3.63) is 107 Å². The Morgan fingerprint density at radius 3 is 2.54 bits per heavy atom. The Bertz CT molecular complexity index is 1590. The van der Waals surface area contributed by atoms with Crippen LogP contribution in [0.5, 0.6) is 5.75 Å². The quantitative estimate of drug-likeness (QED) is 0.412.